The number of nitrogens with zero attached hydrogens (tertiary/aromatic N) is 2. The van der Waals surface area contributed by atoms with E-state index in [9.17, 15) is 19.0 Å². The third-order valence-electron chi connectivity index (χ3n) is 7.30. The Hall–Kier alpha value is -2.68. The first kappa shape index (κ1) is 25.0. The van der Waals surface area contributed by atoms with E-state index in [2.05, 4.69) is 28.0 Å². The van der Waals surface area contributed by atoms with Gasteiger partial charge in [-0.15, -0.1) is 0 Å². The fraction of sp³-hybridized carbons (Fsp3) is 0.379. The number of halogens is 2. The first-order chi connectivity index (χ1) is 17.5. The summed E-state index contributed by atoms with van der Waals surface area (Å²) >= 11 is 0. The second-order valence-electron chi connectivity index (χ2n) is 9.79. The second-order valence-corrected chi connectivity index (χ2v) is 9.79. The van der Waals surface area contributed by atoms with Crippen LogP contribution in [0, 0.1) is 11.6 Å². The maximum Gasteiger partial charge on any atom is 0.123 e. The summed E-state index contributed by atoms with van der Waals surface area (Å²) in [4.78, 5) is 4.43. The lowest BCUT2D eigenvalue weighted by Gasteiger charge is -2.38. The molecule has 0 aliphatic carbocycles. The van der Waals surface area contributed by atoms with E-state index in [1.165, 1.54) is 35.4 Å². The zero-order valence-corrected chi connectivity index (χ0v) is 20.1. The molecule has 0 saturated carbocycles. The first-order valence-electron chi connectivity index (χ1n) is 12.5. The van der Waals surface area contributed by atoms with Crippen molar-refractivity contribution in [1.29, 1.82) is 0 Å². The molecule has 2 N–H and O–H groups in total. The number of aliphatic hydroxyl groups is 2. The van der Waals surface area contributed by atoms with Crippen molar-refractivity contribution in [2.75, 3.05) is 19.7 Å². The van der Waals surface area contributed by atoms with Crippen LogP contribution >= 0.6 is 0 Å². The number of ether oxygens (including phenoxy) is 1. The molecule has 3 aromatic rings. The second kappa shape index (κ2) is 11.2. The molecule has 2 aliphatic rings. The van der Waals surface area contributed by atoms with Gasteiger partial charge < -0.3 is 14.9 Å². The quantitative estimate of drug-likeness (QED) is 0.502. The minimum Gasteiger partial charge on any atom is -0.394 e. The molecule has 5 rings (SSSR count). The maximum absolute atomic E-state index is 13.5. The molecule has 190 valence electrons. The Balaban J connectivity index is 1.38. The third kappa shape index (κ3) is 5.66. The van der Waals surface area contributed by atoms with E-state index >= 15 is 0 Å². The van der Waals surface area contributed by atoms with Crippen molar-refractivity contribution < 1.29 is 23.7 Å². The Bertz CT molecular complexity index is 1090. The van der Waals surface area contributed by atoms with Crippen LogP contribution in [0.25, 0.3) is 0 Å². The summed E-state index contributed by atoms with van der Waals surface area (Å²) in [6.45, 7) is 2.82. The van der Waals surface area contributed by atoms with Gasteiger partial charge in [0.05, 0.1) is 18.8 Å². The van der Waals surface area contributed by atoms with Gasteiger partial charge >= 0.3 is 0 Å². The van der Waals surface area contributed by atoms with Crippen LogP contribution in [0.4, 0.5) is 8.78 Å². The Morgan fingerprint density at radius 3 is 2.00 bits per heavy atom. The highest BCUT2D eigenvalue weighted by molar-refractivity contribution is 5.29. The minimum absolute atomic E-state index is 0.255. The lowest BCUT2D eigenvalue weighted by atomic mass is 9.95. The van der Waals surface area contributed by atoms with Crippen LogP contribution in [0.5, 0.6) is 0 Å². The van der Waals surface area contributed by atoms with Gasteiger partial charge in [0, 0.05) is 32.7 Å². The van der Waals surface area contributed by atoms with Crippen molar-refractivity contribution in [3.63, 3.8) is 0 Å². The summed E-state index contributed by atoms with van der Waals surface area (Å²) in [6, 6.07) is 20.9. The fourth-order valence-corrected chi connectivity index (χ4v) is 5.49. The van der Waals surface area contributed by atoms with Crippen molar-refractivity contribution in [2.45, 2.75) is 50.4 Å². The van der Waals surface area contributed by atoms with E-state index in [4.69, 9.17) is 4.74 Å². The molecule has 7 heteroatoms. The average Bonchev–Trinajstić information content (AvgIpc) is 3.21. The topological polar surface area (TPSA) is 56.2 Å². The summed E-state index contributed by atoms with van der Waals surface area (Å²) in [7, 11) is 0. The average molecular weight is 495 g/mol. The van der Waals surface area contributed by atoms with E-state index < -0.39 is 12.2 Å². The van der Waals surface area contributed by atoms with Crippen molar-refractivity contribution in [2.24, 2.45) is 0 Å². The number of rotatable bonds is 8. The van der Waals surface area contributed by atoms with Gasteiger partial charge in [-0.2, -0.15) is 0 Å². The Morgan fingerprint density at radius 1 is 0.833 bits per heavy atom. The maximum atomic E-state index is 13.5. The monoisotopic (exact) mass is 494 g/mol. The standard InChI is InChI=1S/C29H32F2N2O3/c30-24-9-5-20(6-10-24)15-32(16-21-7-11-25(31)12-8-21)18-26-28(29(35)27(19-34)36-26)33-14-13-22-3-1-2-4-23(22)17-33/h1-12,26-29,34-35H,13-19H2/t26-,27+,28-,29-/m1/s1. The Labute approximate surface area is 210 Å². The van der Waals surface area contributed by atoms with Gasteiger partial charge in [-0.1, -0.05) is 48.5 Å². The predicted octanol–water partition coefficient (Wildman–Crippen LogP) is 3.51. The Kier molecular flexibility index (Phi) is 7.74. The van der Waals surface area contributed by atoms with Crippen LogP contribution in [0.1, 0.15) is 22.3 Å². The highest BCUT2D eigenvalue weighted by atomic mass is 19.1. The van der Waals surface area contributed by atoms with Gasteiger partial charge in [-0.3, -0.25) is 9.80 Å². The van der Waals surface area contributed by atoms with Crippen molar-refractivity contribution >= 4 is 0 Å². The molecule has 4 atom stereocenters. The number of fused-ring (bicyclic) bond motifs is 1. The number of hydrogen-bond donors (Lipinski definition) is 2. The Morgan fingerprint density at radius 2 is 1.42 bits per heavy atom. The molecule has 0 unspecified atom stereocenters. The number of benzene rings is 3. The third-order valence-corrected chi connectivity index (χ3v) is 7.30. The summed E-state index contributed by atoms with van der Waals surface area (Å²) in [6.07, 6.45) is -0.923. The minimum atomic E-state index is -0.816. The van der Waals surface area contributed by atoms with Gasteiger partial charge in [0.1, 0.15) is 23.8 Å². The largest absolute Gasteiger partial charge is 0.394 e. The zero-order chi connectivity index (χ0) is 25.1. The summed E-state index contributed by atoms with van der Waals surface area (Å²) in [5.74, 6) is -0.579. The van der Waals surface area contributed by atoms with Crippen molar-refractivity contribution in [3.8, 4) is 0 Å². The first-order valence-corrected chi connectivity index (χ1v) is 12.5. The molecule has 2 aliphatic heterocycles. The zero-order valence-electron chi connectivity index (χ0n) is 20.1. The molecule has 2 heterocycles. The molecular weight excluding hydrogens is 462 g/mol. The molecule has 5 nitrogen and oxygen atoms in total. The molecule has 3 aromatic carbocycles. The van der Waals surface area contributed by atoms with Gasteiger partial charge in [0.15, 0.2) is 0 Å². The van der Waals surface area contributed by atoms with Crippen molar-refractivity contribution in [3.05, 3.63) is 107 Å². The van der Waals surface area contributed by atoms with E-state index in [0.717, 1.165) is 24.1 Å². The van der Waals surface area contributed by atoms with Crippen LogP contribution in [-0.4, -0.2) is 64.1 Å². The van der Waals surface area contributed by atoms with Crippen LogP contribution in [0.2, 0.25) is 0 Å². The number of aliphatic hydroxyl groups excluding tert-OH is 2. The normalized spacial score (nSPS) is 24.2. The van der Waals surface area contributed by atoms with Crippen molar-refractivity contribution in [1.82, 2.24) is 9.80 Å². The van der Waals surface area contributed by atoms with E-state index in [-0.39, 0.29) is 30.4 Å². The van der Waals surface area contributed by atoms with Crippen LogP contribution in [-0.2, 0) is 30.8 Å². The smallest absolute Gasteiger partial charge is 0.123 e. The summed E-state index contributed by atoms with van der Waals surface area (Å²) in [5, 5.41) is 21.0. The molecule has 0 bridgehead atoms. The summed E-state index contributed by atoms with van der Waals surface area (Å²) in [5.41, 5.74) is 4.46. The highest BCUT2D eigenvalue weighted by Gasteiger charge is 2.47. The lowest BCUT2D eigenvalue weighted by molar-refractivity contribution is -0.0326. The molecule has 0 amide bonds. The SMILES string of the molecule is OC[C@@H]1O[C@H](CN(Cc2ccc(F)cc2)Cc2ccc(F)cc2)[C@@H](N2CCc3ccccc3C2)[C@@H]1O. The number of hydrogen-bond acceptors (Lipinski definition) is 5. The van der Waals surface area contributed by atoms with Crippen LogP contribution in [0.15, 0.2) is 72.8 Å². The van der Waals surface area contributed by atoms with Gasteiger partial charge in [0.25, 0.3) is 0 Å². The predicted molar refractivity (Wildman–Crippen MR) is 133 cm³/mol. The van der Waals surface area contributed by atoms with E-state index in [1.54, 1.807) is 24.3 Å². The summed E-state index contributed by atoms with van der Waals surface area (Å²) < 4.78 is 33.2. The lowest BCUT2D eigenvalue weighted by Crippen LogP contribution is -2.52. The van der Waals surface area contributed by atoms with E-state index in [1.807, 2.05) is 6.07 Å². The fourth-order valence-electron chi connectivity index (χ4n) is 5.49. The molecule has 0 spiro atoms. The van der Waals surface area contributed by atoms with Gasteiger partial charge in [0.2, 0.25) is 0 Å². The highest BCUT2D eigenvalue weighted by Crippen LogP contribution is 2.31. The van der Waals surface area contributed by atoms with Crippen LogP contribution < -0.4 is 0 Å². The van der Waals surface area contributed by atoms with Gasteiger partial charge in [-0.25, -0.2) is 8.78 Å². The molecular formula is C29H32F2N2O3. The van der Waals surface area contributed by atoms with E-state index in [0.29, 0.717) is 26.2 Å². The van der Waals surface area contributed by atoms with Gasteiger partial charge in [-0.05, 0) is 52.9 Å². The molecule has 1 saturated heterocycles. The molecule has 0 aromatic heterocycles. The molecule has 0 radical (unpaired) electrons. The molecule has 1 fully saturated rings. The van der Waals surface area contributed by atoms with Crippen LogP contribution in [0.3, 0.4) is 0 Å². The molecule has 36 heavy (non-hydrogen) atoms.